The predicted molar refractivity (Wildman–Crippen MR) is 71.3 cm³/mol. The lowest BCUT2D eigenvalue weighted by atomic mass is 9.78. The van der Waals surface area contributed by atoms with Gasteiger partial charge in [-0.05, 0) is 24.2 Å². The maximum absolute atomic E-state index is 9.50. The first kappa shape index (κ1) is 14.5. The molecule has 0 aliphatic heterocycles. The van der Waals surface area contributed by atoms with Gasteiger partial charge >= 0.3 is 0 Å². The summed E-state index contributed by atoms with van der Waals surface area (Å²) in [6.45, 7) is 8.63. The third-order valence-corrected chi connectivity index (χ3v) is 3.82. The lowest BCUT2D eigenvalue weighted by Crippen LogP contribution is -2.27. The van der Waals surface area contributed by atoms with Crippen molar-refractivity contribution in [1.82, 2.24) is 9.78 Å². The van der Waals surface area contributed by atoms with Crippen molar-refractivity contribution in [3.05, 3.63) is 16.4 Å². The van der Waals surface area contributed by atoms with E-state index in [9.17, 15) is 5.11 Å². The molecule has 1 atom stereocenters. The smallest absolute Gasteiger partial charge is 0.0849 e. The Hall–Kier alpha value is -0.540. The molecule has 0 amide bonds. The Balaban J connectivity index is 2.98. The van der Waals surface area contributed by atoms with Crippen molar-refractivity contribution >= 4 is 11.6 Å². The Labute approximate surface area is 109 Å². The van der Waals surface area contributed by atoms with Crippen molar-refractivity contribution in [1.29, 1.82) is 0 Å². The van der Waals surface area contributed by atoms with Crippen molar-refractivity contribution in [2.75, 3.05) is 6.61 Å². The van der Waals surface area contributed by atoms with Crippen LogP contribution in [0.2, 0.25) is 5.02 Å². The highest BCUT2D eigenvalue weighted by Gasteiger charge is 2.27. The van der Waals surface area contributed by atoms with Crippen LogP contribution in [0, 0.1) is 11.3 Å². The van der Waals surface area contributed by atoms with Gasteiger partial charge in [0.05, 0.1) is 16.4 Å². The molecule has 4 heteroatoms. The molecule has 1 rings (SSSR count). The summed E-state index contributed by atoms with van der Waals surface area (Å²) in [7, 11) is 1.91. The van der Waals surface area contributed by atoms with Gasteiger partial charge in [-0.2, -0.15) is 5.10 Å². The van der Waals surface area contributed by atoms with Crippen molar-refractivity contribution in [2.24, 2.45) is 18.4 Å². The Morgan fingerprint density at radius 3 is 2.35 bits per heavy atom. The fraction of sp³-hybridized carbons (Fsp3) is 0.769. The second kappa shape index (κ2) is 5.40. The molecule has 0 radical (unpaired) electrons. The van der Waals surface area contributed by atoms with Gasteiger partial charge in [-0.25, -0.2) is 0 Å². The van der Waals surface area contributed by atoms with Crippen molar-refractivity contribution < 1.29 is 5.11 Å². The summed E-state index contributed by atoms with van der Waals surface area (Å²) in [4.78, 5) is 0. The van der Waals surface area contributed by atoms with Crippen LogP contribution in [0.15, 0.2) is 0 Å². The van der Waals surface area contributed by atoms with E-state index in [2.05, 4.69) is 25.9 Å². The number of aliphatic hydroxyl groups is 1. The number of hydrogen-bond acceptors (Lipinski definition) is 2. The highest BCUT2D eigenvalue weighted by atomic mass is 35.5. The van der Waals surface area contributed by atoms with Gasteiger partial charge in [-0.3, -0.25) is 4.68 Å². The SMILES string of the molecule is CCc1nn(C)c(CC(CO)C(C)(C)C)c1Cl. The monoisotopic (exact) mass is 258 g/mol. The zero-order valence-corrected chi connectivity index (χ0v) is 12.2. The van der Waals surface area contributed by atoms with Gasteiger partial charge in [-0.1, -0.05) is 39.3 Å². The molecule has 1 aromatic heterocycles. The third kappa shape index (κ3) is 3.23. The van der Waals surface area contributed by atoms with E-state index < -0.39 is 0 Å². The first-order valence-corrected chi connectivity index (χ1v) is 6.50. The largest absolute Gasteiger partial charge is 0.396 e. The van der Waals surface area contributed by atoms with Gasteiger partial charge in [0, 0.05) is 13.7 Å². The number of rotatable bonds is 4. The van der Waals surface area contributed by atoms with Gasteiger partial charge in [0.25, 0.3) is 0 Å². The summed E-state index contributed by atoms with van der Waals surface area (Å²) >= 11 is 6.32. The van der Waals surface area contributed by atoms with Crippen molar-refractivity contribution in [2.45, 2.75) is 40.5 Å². The maximum atomic E-state index is 9.50. The highest BCUT2D eigenvalue weighted by molar-refractivity contribution is 6.31. The standard InChI is InChI=1S/C13H23ClN2O/c1-6-10-12(14)11(16(5)15-10)7-9(8-17)13(2,3)4/h9,17H,6-8H2,1-5H3. The van der Waals surface area contributed by atoms with E-state index in [0.29, 0.717) is 0 Å². The van der Waals surface area contributed by atoms with E-state index >= 15 is 0 Å². The number of aromatic nitrogens is 2. The van der Waals surface area contributed by atoms with Crippen molar-refractivity contribution in [3.63, 3.8) is 0 Å². The van der Waals surface area contributed by atoms with Crippen LogP contribution in [0.1, 0.15) is 39.1 Å². The number of hydrogen-bond donors (Lipinski definition) is 1. The number of halogens is 1. The molecule has 98 valence electrons. The first-order chi connectivity index (χ1) is 7.81. The molecule has 1 unspecified atom stereocenters. The second-order valence-electron chi connectivity index (χ2n) is 5.63. The van der Waals surface area contributed by atoms with Crippen LogP contribution in [0.3, 0.4) is 0 Å². The average molecular weight is 259 g/mol. The van der Waals surface area contributed by atoms with Gasteiger partial charge in [0.2, 0.25) is 0 Å². The number of aryl methyl sites for hydroxylation is 2. The normalized spacial score (nSPS) is 14.1. The summed E-state index contributed by atoms with van der Waals surface area (Å²) in [5, 5.41) is 14.7. The molecule has 0 spiro atoms. The molecule has 3 nitrogen and oxygen atoms in total. The van der Waals surface area contributed by atoms with Crippen molar-refractivity contribution in [3.8, 4) is 0 Å². The Morgan fingerprint density at radius 1 is 1.41 bits per heavy atom. The molecule has 0 aliphatic carbocycles. The summed E-state index contributed by atoms with van der Waals surface area (Å²) in [6.07, 6.45) is 1.61. The fourth-order valence-electron chi connectivity index (χ4n) is 1.92. The van der Waals surface area contributed by atoms with E-state index in [0.717, 1.165) is 29.3 Å². The quantitative estimate of drug-likeness (QED) is 0.902. The molecule has 0 saturated heterocycles. The predicted octanol–water partition coefficient (Wildman–Crippen LogP) is 2.83. The molecule has 0 aliphatic rings. The van der Waals surface area contributed by atoms with Gasteiger partial charge in [0.1, 0.15) is 0 Å². The minimum Gasteiger partial charge on any atom is -0.396 e. The molecule has 0 saturated carbocycles. The van der Waals surface area contributed by atoms with Gasteiger partial charge < -0.3 is 5.11 Å². The van der Waals surface area contributed by atoms with Crippen LogP contribution in [-0.2, 0) is 19.9 Å². The highest BCUT2D eigenvalue weighted by Crippen LogP contribution is 2.31. The summed E-state index contributed by atoms with van der Waals surface area (Å²) in [5.74, 6) is 0.195. The van der Waals surface area contributed by atoms with E-state index in [1.165, 1.54) is 0 Å². The average Bonchev–Trinajstić information content (AvgIpc) is 2.49. The zero-order valence-electron chi connectivity index (χ0n) is 11.4. The van der Waals surface area contributed by atoms with Crippen LogP contribution in [0.25, 0.3) is 0 Å². The Morgan fingerprint density at radius 2 is 2.00 bits per heavy atom. The molecule has 1 N–H and O–H groups in total. The van der Waals surface area contributed by atoms with E-state index in [1.807, 2.05) is 18.7 Å². The first-order valence-electron chi connectivity index (χ1n) is 6.12. The fourth-order valence-corrected chi connectivity index (χ4v) is 2.29. The van der Waals surface area contributed by atoms with Crippen LogP contribution >= 0.6 is 11.6 Å². The summed E-state index contributed by atoms with van der Waals surface area (Å²) in [5.41, 5.74) is 2.03. The van der Waals surface area contributed by atoms with Crippen LogP contribution in [0.5, 0.6) is 0 Å². The third-order valence-electron chi connectivity index (χ3n) is 3.39. The van der Waals surface area contributed by atoms with Gasteiger partial charge in [-0.15, -0.1) is 0 Å². The molecule has 0 aromatic carbocycles. The minimum atomic E-state index is 0.0642. The summed E-state index contributed by atoms with van der Waals surface area (Å²) < 4.78 is 1.84. The minimum absolute atomic E-state index is 0.0642. The Bertz CT molecular complexity index is 380. The molecule has 0 fully saturated rings. The molecule has 0 bridgehead atoms. The number of nitrogens with zero attached hydrogens (tertiary/aromatic N) is 2. The zero-order chi connectivity index (χ0) is 13.2. The molecule has 1 aromatic rings. The molecular formula is C13H23ClN2O. The van der Waals surface area contributed by atoms with E-state index in [-0.39, 0.29) is 17.9 Å². The Kier molecular flexibility index (Phi) is 4.62. The lowest BCUT2D eigenvalue weighted by molar-refractivity contribution is 0.129. The lowest BCUT2D eigenvalue weighted by Gasteiger charge is -2.29. The molecule has 17 heavy (non-hydrogen) atoms. The van der Waals surface area contributed by atoms with E-state index in [4.69, 9.17) is 11.6 Å². The van der Waals surface area contributed by atoms with Crippen LogP contribution in [-0.4, -0.2) is 21.5 Å². The van der Waals surface area contributed by atoms with Crippen LogP contribution in [0.4, 0.5) is 0 Å². The second-order valence-corrected chi connectivity index (χ2v) is 6.01. The molecular weight excluding hydrogens is 236 g/mol. The molecule has 1 heterocycles. The number of aliphatic hydroxyl groups excluding tert-OH is 1. The van der Waals surface area contributed by atoms with Crippen LogP contribution < -0.4 is 0 Å². The maximum Gasteiger partial charge on any atom is 0.0849 e. The van der Waals surface area contributed by atoms with Gasteiger partial charge in [0.15, 0.2) is 0 Å². The topological polar surface area (TPSA) is 38.0 Å². The van der Waals surface area contributed by atoms with E-state index in [1.54, 1.807) is 0 Å². The summed E-state index contributed by atoms with van der Waals surface area (Å²) in [6, 6.07) is 0.